The number of nitrogens with one attached hydrogen (secondary N) is 1. The van der Waals surface area contributed by atoms with Gasteiger partial charge in [-0.2, -0.15) is 0 Å². The van der Waals surface area contributed by atoms with Crippen molar-refractivity contribution >= 4 is 48.7 Å². The third-order valence-corrected chi connectivity index (χ3v) is 5.47. The first-order valence-corrected chi connectivity index (χ1v) is 7.70. The number of nitrogen functional groups attached to an aromatic ring is 1. The molecule has 0 saturated carbocycles. The average Bonchev–Trinajstić information content (AvgIpc) is 2.69. The first-order valence-electron chi connectivity index (χ1n) is 4.61. The predicted molar refractivity (Wildman–Crippen MR) is 73.7 cm³/mol. The number of thiophene rings is 1. The molecule has 0 radical (unpaired) electrons. The molecule has 0 spiro atoms. The van der Waals surface area contributed by atoms with Crippen LogP contribution in [-0.4, -0.2) is 8.42 Å². The molecule has 1 heterocycles. The normalized spacial score (nSPS) is 11.4. The third kappa shape index (κ3) is 2.99. The van der Waals surface area contributed by atoms with Gasteiger partial charge in [-0.1, -0.05) is 0 Å². The molecule has 7 heteroatoms. The van der Waals surface area contributed by atoms with Crippen LogP contribution in [0.3, 0.4) is 0 Å². The van der Waals surface area contributed by atoms with Crippen LogP contribution in [0.1, 0.15) is 0 Å². The Labute approximate surface area is 112 Å². The molecule has 0 atom stereocenters. The first-order chi connectivity index (χ1) is 7.97. The van der Waals surface area contributed by atoms with Crippen molar-refractivity contribution in [2.24, 2.45) is 0 Å². The molecule has 17 heavy (non-hydrogen) atoms. The minimum Gasteiger partial charge on any atom is -0.399 e. The van der Waals surface area contributed by atoms with Gasteiger partial charge in [0.25, 0.3) is 10.0 Å². The highest BCUT2D eigenvalue weighted by atomic mass is 79.9. The monoisotopic (exact) mass is 332 g/mol. The number of sulfonamides is 1. The molecule has 0 aliphatic carbocycles. The topological polar surface area (TPSA) is 72.2 Å². The van der Waals surface area contributed by atoms with Crippen molar-refractivity contribution in [1.29, 1.82) is 0 Å². The lowest BCUT2D eigenvalue weighted by atomic mass is 10.3. The second-order valence-electron chi connectivity index (χ2n) is 3.29. The molecular weight excluding hydrogens is 324 g/mol. The van der Waals surface area contributed by atoms with Crippen molar-refractivity contribution in [3.8, 4) is 0 Å². The van der Waals surface area contributed by atoms with Crippen molar-refractivity contribution in [3.63, 3.8) is 0 Å². The highest BCUT2D eigenvalue weighted by Crippen LogP contribution is 2.27. The molecule has 0 aliphatic rings. The average molecular weight is 333 g/mol. The Morgan fingerprint density at radius 3 is 2.29 bits per heavy atom. The van der Waals surface area contributed by atoms with Crippen LogP contribution >= 0.6 is 27.3 Å². The van der Waals surface area contributed by atoms with Gasteiger partial charge >= 0.3 is 0 Å². The fourth-order valence-corrected chi connectivity index (χ4v) is 4.27. The Morgan fingerprint density at radius 2 is 1.76 bits per heavy atom. The van der Waals surface area contributed by atoms with Gasteiger partial charge in [-0.25, -0.2) is 8.42 Å². The first kappa shape index (κ1) is 12.4. The van der Waals surface area contributed by atoms with Gasteiger partial charge in [-0.15, -0.1) is 11.3 Å². The van der Waals surface area contributed by atoms with E-state index in [2.05, 4.69) is 20.7 Å². The van der Waals surface area contributed by atoms with E-state index in [0.717, 1.165) is 15.1 Å². The summed E-state index contributed by atoms with van der Waals surface area (Å²) < 4.78 is 27.4. The molecule has 2 rings (SSSR count). The highest BCUT2D eigenvalue weighted by Gasteiger charge is 2.16. The van der Waals surface area contributed by atoms with Crippen molar-refractivity contribution in [1.82, 2.24) is 0 Å². The Bertz CT molecular complexity index is 620. The SMILES string of the molecule is Nc1ccc(NS(=O)(=O)c2ccc(Br)s2)cc1. The summed E-state index contributed by atoms with van der Waals surface area (Å²) in [5, 5.41) is 0. The fourth-order valence-electron chi connectivity index (χ4n) is 1.20. The van der Waals surface area contributed by atoms with Gasteiger partial charge < -0.3 is 5.73 Å². The highest BCUT2D eigenvalue weighted by molar-refractivity contribution is 9.11. The molecule has 0 fully saturated rings. The maximum atomic E-state index is 11.9. The minimum atomic E-state index is -3.51. The van der Waals surface area contributed by atoms with Crippen molar-refractivity contribution < 1.29 is 8.42 Å². The summed E-state index contributed by atoms with van der Waals surface area (Å²) in [6, 6.07) is 9.77. The number of hydrogen-bond donors (Lipinski definition) is 2. The Hall–Kier alpha value is -1.05. The van der Waals surface area contributed by atoms with Crippen LogP contribution in [0.4, 0.5) is 11.4 Å². The lowest BCUT2D eigenvalue weighted by Crippen LogP contribution is -2.11. The molecule has 3 N–H and O–H groups in total. The molecule has 4 nitrogen and oxygen atoms in total. The van der Waals surface area contributed by atoms with Gasteiger partial charge in [0.1, 0.15) is 4.21 Å². The molecule has 90 valence electrons. The third-order valence-electron chi connectivity index (χ3n) is 1.98. The molecular formula is C10H9BrN2O2S2. The number of benzene rings is 1. The summed E-state index contributed by atoms with van der Waals surface area (Å²) in [7, 11) is -3.51. The molecule has 0 saturated heterocycles. The standard InChI is InChI=1S/C10H9BrN2O2S2/c11-9-5-6-10(16-9)17(14,15)13-8-3-1-7(12)2-4-8/h1-6,13H,12H2. The maximum Gasteiger partial charge on any atom is 0.271 e. The van der Waals surface area contributed by atoms with Crippen LogP contribution in [0.25, 0.3) is 0 Å². The lowest BCUT2D eigenvalue weighted by molar-refractivity contribution is 0.603. The number of nitrogens with two attached hydrogens (primary N) is 1. The van der Waals surface area contributed by atoms with Crippen LogP contribution in [0.5, 0.6) is 0 Å². The molecule has 0 amide bonds. The van der Waals surface area contributed by atoms with Crippen LogP contribution in [0, 0.1) is 0 Å². The summed E-state index contributed by atoms with van der Waals surface area (Å²) in [5.74, 6) is 0. The van der Waals surface area contributed by atoms with Crippen molar-refractivity contribution in [3.05, 3.63) is 40.2 Å². The molecule has 0 aliphatic heterocycles. The van der Waals surface area contributed by atoms with E-state index in [9.17, 15) is 8.42 Å². The number of anilines is 2. The Balaban J connectivity index is 2.26. The van der Waals surface area contributed by atoms with E-state index in [1.54, 1.807) is 36.4 Å². The fraction of sp³-hybridized carbons (Fsp3) is 0. The zero-order valence-corrected chi connectivity index (χ0v) is 11.8. The Kier molecular flexibility index (Phi) is 3.41. The molecule has 1 aromatic heterocycles. The van der Waals surface area contributed by atoms with E-state index in [1.807, 2.05) is 0 Å². The van der Waals surface area contributed by atoms with E-state index in [4.69, 9.17) is 5.73 Å². The maximum absolute atomic E-state index is 11.9. The summed E-state index contributed by atoms with van der Waals surface area (Å²) in [6.45, 7) is 0. The minimum absolute atomic E-state index is 0.265. The lowest BCUT2D eigenvalue weighted by Gasteiger charge is -2.05. The molecule has 0 unspecified atom stereocenters. The number of halogens is 1. The molecule has 2 aromatic rings. The second-order valence-corrected chi connectivity index (χ2v) is 7.66. The zero-order valence-electron chi connectivity index (χ0n) is 8.55. The molecule has 0 bridgehead atoms. The largest absolute Gasteiger partial charge is 0.399 e. The zero-order chi connectivity index (χ0) is 12.5. The summed E-state index contributed by atoms with van der Waals surface area (Å²) in [6.07, 6.45) is 0. The van der Waals surface area contributed by atoms with Crippen molar-refractivity contribution in [2.45, 2.75) is 4.21 Å². The smallest absolute Gasteiger partial charge is 0.271 e. The second kappa shape index (κ2) is 4.67. The van der Waals surface area contributed by atoms with Crippen LogP contribution < -0.4 is 10.5 Å². The van der Waals surface area contributed by atoms with Crippen molar-refractivity contribution in [2.75, 3.05) is 10.5 Å². The van der Waals surface area contributed by atoms with Crippen LogP contribution in [0.2, 0.25) is 0 Å². The van der Waals surface area contributed by atoms with Gasteiger partial charge in [0, 0.05) is 11.4 Å². The predicted octanol–water partition coefficient (Wildman–Crippen LogP) is 2.89. The van der Waals surface area contributed by atoms with E-state index in [1.165, 1.54) is 0 Å². The van der Waals surface area contributed by atoms with E-state index in [-0.39, 0.29) is 4.21 Å². The van der Waals surface area contributed by atoms with Gasteiger partial charge in [0.15, 0.2) is 0 Å². The van der Waals surface area contributed by atoms with E-state index in [0.29, 0.717) is 11.4 Å². The van der Waals surface area contributed by atoms with Gasteiger partial charge in [-0.05, 0) is 52.3 Å². The van der Waals surface area contributed by atoms with E-state index >= 15 is 0 Å². The quantitative estimate of drug-likeness (QED) is 0.849. The van der Waals surface area contributed by atoms with Gasteiger partial charge in [0.05, 0.1) is 3.79 Å². The van der Waals surface area contributed by atoms with Crippen LogP contribution in [-0.2, 0) is 10.0 Å². The van der Waals surface area contributed by atoms with Gasteiger partial charge in [0.2, 0.25) is 0 Å². The molecule has 1 aromatic carbocycles. The van der Waals surface area contributed by atoms with E-state index < -0.39 is 10.0 Å². The number of hydrogen-bond acceptors (Lipinski definition) is 4. The summed E-state index contributed by atoms with van der Waals surface area (Å²) in [5.41, 5.74) is 6.60. The Morgan fingerprint density at radius 1 is 1.12 bits per heavy atom. The summed E-state index contributed by atoms with van der Waals surface area (Å²) in [4.78, 5) is 0. The summed E-state index contributed by atoms with van der Waals surface area (Å²) >= 11 is 4.39. The number of rotatable bonds is 3. The van der Waals surface area contributed by atoms with Gasteiger partial charge in [-0.3, -0.25) is 4.72 Å². The van der Waals surface area contributed by atoms with Crippen LogP contribution in [0.15, 0.2) is 44.4 Å².